The fraction of sp³-hybridized carbons (Fsp3) is 0.852. The van der Waals surface area contributed by atoms with Crippen LogP contribution in [0.25, 0.3) is 0 Å². The fourth-order valence-corrected chi connectivity index (χ4v) is 3.67. The molecule has 4 heteroatoms. The van der Waals surface area contributed by atoms with Gasteiger partial charge in [0.1, 0.15) is 6.10 Å². The van der Waals surface area contributed by atoms with E-state index in [2.05, 4.69) is 6.92 Å². The van der Waals surface area contributed by atoms with Crippen molar-refractivity contribution in [2.24, 2.45) is 0 Å². The molecular formula is C27H50O4. The van der Waals surface area contributed by atoms with Crippen LogP contribution in [0.3, 0.4) is 0 Å². The van der Waals surface area contributed by atoms with Gasteiger partial charge in [-0.1, -0.05) is 117 Å². The van der Waals surface area contributed by atoms with Gasteiger partial charge < -0.3 is 9.47 Å². The van der Waals surface area contributed by atoms with Gasteiger partial charge in [-0.05, 0) is 19.3 Å². The first-order chi connectivity index (χ1) is 15.1. The van der Waals surface area contributed by atoms with Crippen molar-refractivity contribution >= 4 is 11.9 Å². The lowest BCUT2D eigenvalue weighted by Crippen LogP contribution is -2.15. The minimum absolute atomic E-state index is 0.0849. The summed E-state index contributed by atoms with van der Waals surface area (Å²) in [6, 6.07) is 0. The number of esters is 2. The van der Waals surface area contributed by atoms with E-state index in [9.17, 15) is 9.59 Å². The van der Waals surface area contributed by atoms with Gasteiger partial charge in [0.05, 0.1) is 6.61 Å². The third kappa shape index (κ3) is 21.7. The van der Waals surface area contributed by atoms with Crippen molar-refractivity contribution in [1.29, 1.82) is 0 Å². The van der Waals surface area contributed by atoms with E-state index in [1.54, 1.807) is 0 Å². The standard InChI is InChI=1S/C27H50O4/c1-4-7-8-9-10-11-12-13-14-15-16-17-18-19-20-21-24-30-26(28)22-23-27(29)31-25(5-2)6-3/h22-23,25H,4-21,24H2,1-3H3/b23-22+. The lowest BCUT2D eigenvalue weighted by Gasteiger charge is -2.11. The molecule has 0 unspecified atom stereocenters. The highest BCUT2D eigenvalue weighted by Crippen LogP contribution is 2.13. The molecule has 0 aliphatic rings. The van der Waals surface area contributed by atoms with Gasteiger partial charge in [-0.25, -0.2) is 9.59 Å². The highest BCUT2D eigenvalue weighted by Gasteiger charge is 2.08. The van der Waals surface area contributed by atoms with E-state index in [0.29, 0.717) is 6.61 Å². The quantitative estimate of drug-likeness (QED) is 0.0973. The van der Waals surface area contributed by atoms with Crippen LogP contribution in [-0.4, -0.2) is 24.6 Å². The second-order valence-corrected chi connectivity index (χ2v) is 8.68. The Morgan fingerprint density at radius 1 is 0.581 bits per heavy atom. The monoisotopic (exact) mass is 438 g/mol. The smallest absolute Gasteiger partial charge is 0.331 e. The van der Waals surface area contributed by atoms with E-state index in [-0.39, 0.29) is 6.10 Å². The Bertz CT molecular complexity index is 441. The number of hydrogen-bond acceptors (Lipinski definition) is 4. The average molecular weight is 439 g/mol. The Hall–Kier alpha value is -1.32. The summed E-state index contributed by atoms with van der Waals surface area (Å²) in [4.78, 5) is 23.2. The topological polar surface area (TPSA) is 52.6 Å². The molecule has 0 bridgehead atoms. The lowest BCUT2D eigenvalue weighted by molar-refractivity contribution is -0.144. The molecule has 0 atom stereocenters. The SMILES string of the molecule is CCCCCCCCCCCCCCCCCCOC(=O)/C=C/C(=O)OC(CC)CC. The molecule has 0 aliphatic heterocycles. The molecule has 0 aliphatic carbocycles. The van der Waals surface area contributed by atoms with Crippen LogP contribution in [0.1, 0.15) is 136 Å². The van der Waals surface area contributed by atoms with Crippen LogP contribution in [0, 0.1) is 0 Å². The van der Waals surface area contributed by atoms with Crippen LogP contribution in [0.4, 0.5) is 0 Å². The molecule has 0 fully saturated rings. The molecule has 0 amide bonds. The van der Waals surface area contributed by atoms with Gasteiger partial charge in [0, 0.05) is 12.2 Å². The molecule has 0 saturated carbocycles. The van der Waals surface area contributed by atoms with Crippen LogP contribution in [0.2, 0.25) is 0 Å². The molecule has 0 spiro atoms. The second kappa shape index (κ2) is 23.3. The Labute approximate surface area is 192 Å². The minimum Gasteiger partial charge on any atom is -0.463 e. The maximum Gasteiger partial charge on any atom is 0.331 e. The van der Waals surface area contributed by atoms with E-state index >= 15 is 0 Å². The zero-order chi connectivity index (χ0) is 23.0. The fourth-order valence-electron chi connectivity index (χ4n) is 3.67. The predicted molar refractivity (Wildman–Crippen MR) is 130 cm³/mol. The van der Waals surface area contributed by atoms with E-state index in [0.717, 1.165) is 37.8 Å². The van der Waals surface area contributed by atoms with Crippen LogP contribution < -0.4 is 0 Å². The highest BCUT2D eigenvalue weighted by molar-refractivity contribution is 5.91. The van der Waals surface area contributed by atoms with E-state index in [4.69, 9.17) is 9.47 Å². The Morgan fingerprint density at radius 2 is 0.968 bits per heavy atom. The van der Waals surface area contributed by atoms with E-state index in [1.807, 2.05) is 13.8 Å². The summed E-state index contributed by atoms with van der Waals surface area (Å²) in [7, 11) is 0. The summed E-state index contributed by atoms with van der Waals surface area (Å²) >= 11 is 0. The molecule has 31 heavy (non-hydrogen) atoms. The molecule has 0 saturated heterocycles. The van der Waals surface area contributed by atoms with Crippen LogP contribution in [0.5, 0.6) is 0 Å². The van der Waals surface area contributed by atoms with Crippen LogP contribution in [0.15, 0.2) is 12.2 Å². The number of unbranched alkanes of at least 4 members (excludes halogenated alkanes) is 15. The first-order valence-corrected chi connectivity index (χ1v) is 13.2. The van der Waals surface area contributed by atoms with Gasteiger partial charge in [0.25, 0.3) is 0 Å². The van der Waals surface area contributed by atoms with Crippen molar-refractivity contribution in [3.63, 3.8) is 0 Å². The Balaban J connectivity index is 3.36. The van der Waals surface area contributed by atoms with Crippen molar-refractivity contribution < 1.29 is 19.1 Å². The zero-order valence-corrected chi connectivity index (χ0v) is 20.8. The van der Waals surface area contributed by atoms with Gasteiger partial charge in [0.2, 0.25) is 0 Å². The molecule has 182 valence electrons. The van der Waals surface area contributed by atoms with Crippen molar-refractivity contribution in [3.8, 4) is 0 Å². The van der Waals surface area contributed by atoms with Crippen molar-refractivity contribution in [2.75, 3.05) is 6.61 Å². The van der Waals surface area contributed by atoms with Crippen molar-refractivity contribution in [1.82, 2.24) is 0 Å². The number of carbonyl (C=O) groups is 2. The first kappa shape index (κ1) is 29.7. The normalized spacial score (nSPS) is 11.4. The van der Waals surface area contributed by atoms with Gasteiger partial charge >= 0.3 is 11.9 Å². The highest BCUT2D eigenvalue weighted by atomic mass is 16.5. The summed E-state index contributed by atoms with van der Waals surface area (Å²) in [5.41, 5.74) is 0. The predicted octanol–water partition coefficient (Wildman–Crippen LogP) is 8.08. The second-order valence-electron chi connectivity index (χ2n) is 8.68. The molecule has 0 rings (SSSR count). The lowest BCUT2D eigenvalue weighted by atomic mass is 10.0. The van der Waals surface area contributed by atoms with E-state index in [1.165, 1.54) is 89.9 Å². The van der Waals surface area contributed by atoms with Gasteiger partial charge in [0.15, 0.2) is 0 Å². The molecule has 0 aromatic rings. The average Bonchev–Trinajstić information content (AvgIpc) is 2.78. The molecule has 0 radical (unpaired) electrons. The van der Waals surface area contributed by atoms with Gasteiger partial charge in [-0.15, -0.1) is 0 Å². The van der Waals surface area contributed by atoms with Gasteiger partial charge in [-0.2, -0.15) is 0 Å². The first-order valence-electron chi connectivity index (χ1n) is 13.2. The third-order valence-electron chi connectivity index (χ3n) is 5.79. The number of hydrogen-bond donors (Lipinski definition) is 0. The summed E-state index contributed by atoms with van der Waals surface area (Å²) in [6.07, 6.45) is 24.9. The molecule has 0 aromatic heterocycles. The summed E-state index contributed by atoms with van der Waals surface area (Å²) < 4.78 is 10.3. The number of ether oxygens (including phenoxy) is 2. The third-order valence-corrected chi connectivity index (χ3v) is 5.79. The largest absolute Gasteiger partial charge is 0.463 e. The summed E-state index contributed by atoms with van der Waals surface area (Å²) in [5, 5.41) is 0. The van der Waals surface area contributed by atoms with E-state index < -0.39 is 11.9 Å². The van der Waals surface area contributed by atoms with Crippen LogP contribution >= 0.6 is 0 Å². The number of carbonyl (C=O) groups excluding carboxylic acids is 2. The molecule has 0 heterocycles. The van der Waals surface area contributed by atoms with Crippen LogP contribution in [-0.2, 0) is 19.1 Å². The number of rotatable bonds is 22. The molecular weight excluding hydrogens is 388 g/mol. The Morgan fingerprint density at radius 3 is 1.39 bits per heavy atom. The van der Waals surface area contributed by atoms with Gasteiger partial charge in [-0.3, -0.25) is 0 Å². The summed E-state index contributed by atoms with van der Waals surface area (Å²) in [5.74, 6) is -0.949. The molecule has 0 N–H and O–H groups in total. The minimum atomic E-state index is -0.479. The van der Waals surface area contributed by atoms with Crippen molar-refractivity contribution in [2.45, 2.75) is 142 Å². The Kier molecular flexibility index (Phi) is 22.4. The summed E-state index contributed by atoms with van der Waals surface area (Å²) in [6.45, 7) is 6.63. The molecule has 4 nitrogen and oxygen atoms in total. The maximum atomic E-state index is 11.6. The molecule has 0 aromatic carbocycles. The maximum absolute atomic E-state index is 11.6. The van der Waals surface area contributed by atoms with Crippen molar-refractivity contribution in [3.05, 3.63) is 12.2 Å². The zero-order valence-electron chi connectivity index (χ0n) is 20.8.